The molecule has 0 amide bonds. The summed E-state index contributed by atoms with van der Waals surface area (Å²) in [7, 11) is 3.15. The van der Waals surface area contributed by atoms with Crippen molar-refractivity contribution in [3.8, 4) is 28.7 Å². The fraction of sp³-hybridized carbons (Fsp3) is 0.462. The molecular formula is C39H41N3O13. The second kappa shape index (κ2) is 12.8. The first-order valence-corrected chi connectivity index (χ1v) is 18.2. The van der Waals surface area contributed by atoms with Crippen LogP contribution in [0.15, 0.2) is 41.4 Å². The van der Waals surface area contributed by atoms with E-state index in [0.717, 1.165) is 38.4 Å². The largest absolute Gasteiger partial charge is 0.493 e. The quantitative estimate of drug-likeness (QED) is 0.0999. The molecule has 1 spiro atoms. The molecule has 3 aromatic carbocycles. The minimum atomic E-state index is -2.18. The van der Waals surface area contributed by atoms with E-state index in [2.05, 4.69) is 6.07 Å². The lowest BCUT2D eigenvalue weighted by atomic mass is 9.69. The molecule has 8 unspecified atom stereocenters. The van der Waals surface area contributed by atoms with Crippen molar-refractivity contribution in [2.45, 2.75) is 86.1 Å². The van der Waals surface area contributed by atoms with E-state index < -0.39 is 66.4 Å². The number of carbonyl (C=O) groups is 2. The van der Waals surface area contributed by atoms with Gasteiger partial charge in [-0.05, 0) is 54.5 Å². The van der Waals surface area contributed by atoms with Crippen LogP contribution >= 0.6 is 0 Å². The van der Waals surface area contributed by atoms with Gasteiger partial charge in [0, 0.05) is 28.0 Å². The van der Waals surface area contributed by atoms with Gasteiger partial charge in [-0.3, -0.25) is 14.6 Å². The summed E-state index contributed by atoms with van der Waals surface area (Å²) < 4.78 is 43.2. The molecule has 55 heavy (non-hydrogen) atoms. The Kier molecular flexibility index (Phi) is 8.31. The van der Waals surface area contributed by atoms with Crippen LogP contribution in [0.25, 0.3) is 5.57 Å². The second-order valence-corrected chi connectivity index (χ2v) is 14.9. The van der Waals surface area contributed by atoms with Gasteiger partial charge in [-0.25, -0.2) is 0 Å². The summed E-state index contributed by atoms with van der Waals surface area (Å²) in [4.78, 5) is 28.5. The number of carboxylic acids is 1. The number of hydrogen-bond donors (Lipinski definition) is 6. The maximum atomic E-state index is 12.4. The van der Waals surface area contributed by atoms with Gasteiger partial charge in [-0.15, -0.1) is 0 Å². The van der Waals surface area contributed by atoms with E-state index >= 15 is 0 Å². The number of aryl methyl sites for hydroxylation is 1. The lowest BCUT2D eigenvalue weighted by Crippen LogP contribution is -2.71. The number of carbonyl (C=O) groups excluding carboxylic acids is 1. The Balaban J connectivity index is 1.21. The number of rotatable bonds is 7. The molecule has 6 aliphatic rings. The van der Waals surface area contributed by atoms with Crippen LogP contribution in [0.1, 0.15) is 53.0 Å². The third-order valence-corrected chi connectivity index (χ3v) is 12.0. The van der Waals surface area contributed by atoms with E-state index in [0.29, 0.717) is 47.9 Å². The van der Waals surface area contributed by atoms with E-state index in [4.69, 9.17) is 54.7 Å². The van der Waals surface area contributed by atoms with Crippen molar-refractivity contribution in [1.82, 2.24) is 0 Å². The topological polar surface area (TPSA) is 244 Å². The van der Waals surface area contributed by atoms with Gasteiger partial charge < -0.3 is 65.1 Å². The molecule has 1 aliphatic carbocycles. The molecule has 5 heterocycles. The zero-order valence-corrected chi connectivity index (χ0v) is 30.0. The van der Waals surface area contributed by atoms with Crippen LogP contribution in [0.5, 0.6) is 28.7 Å². The van der Waals surface area contributed by atoms with Crippen molar-refractivity contribution in [2.75, 3.05) is 27.4 Å². The van der Waals surface area contributed by atoms with E-state index in [1.807, 2.05) is 24.3 Å². The molecule has 3 aromatic rings. The van der Waals surface area contributed by atoms with Gasteiger partial charge in [-0.1, -0.05) is 18.2 Å². The molecule has 0 bridgehead atoms. The highest BCUT2D eigenvalue weighted by molar-refractivity contribution is 5.90. The van der Waals surface area contributed by atoms with Crippen molar-refractivity contribution in [3.63, 3.8) is 0 Å². The minimum absolute atomic E-state index is 0.137. The highest BCUT2D eigenvalue weighted by atomic mass is 16.7. The fourth-order valence-corrected chi connectivity index (χ4v) is 9.46. The Morgan fingerprint density at radius 1 is 1.07 bits per heavy atom. The first kappa shape index (κ1) is 35.7. The summed E-state index contributed by atoms with van der Waals surface area (Å²) in [6.45, 7) is 0.612. The van der Waals surface area contributed by atoms with E-state index in [1.54, 1.807) is 20.3 Å². The molecule has 1 fully saturated rings. The molecule has 1 saturated heterocycles. The van der Waals surface area contributed by atoms with Gasteiger partial charge in [0.2, 0.25) is 12.0 Å². The number of ether oxygens (including phenoxy) is 7. The third kappa shape index (κ3) is 5.16. The lowest BCUT2D eigenvalue weighted by Gasteiger charge is -2.48. The summed E-state index contributed by atoms with van der Waals surface area (Å²) in [6.07, 6.45) is -9.84. The number of methoxy groups -OCH3 is 2. The smallest absolute Gasteiger partial charge is 0.317 e. The maximum Gasteiger partial charge on any atom is 0.317 e. The first-order chi connectivity index (χ1) is 26.4. The van der Waals surface area contributed by atoms with Crippen LogP contribution in [0, 0.1) is 0 Å². The molecule has 0 saturated carbocycles. The average Bonchev–Trinajstić information content (AvgIpc) is 3.70. The number of nitrogens with zero attached hydrogens (tertiary/aromatic N) is 1. The van der Waals surface area contributed by atoms with Crippen molar-refractivity contribution in [3.05, 3.63) is 74.8 Å². The SMILES string of the molecule is COc1ccc2c(c1OC)OC13CCc4cccc5c4=C(CN=5)c4c5c(cc(c41)OCC23)OC1OC(C(OC(=O)CC(=O)O)C(N)N)C(O)C(O)C1(O)CC5. The maximum absolute atomic E-state index is 12.4. The Morgan fingerprint density at radius 3 is 2.64 bits per heavy atom. The molecule has 290 valence electrons. The Labute approximate surface area is 313 Å². The molecular weight excluding hydrogens is 718 g/mol. The van der Waals surface area contributed by atoms with Gasteiger partial charge in [0.1, 0.15) is 41.8 Å². The Hall–Kier alpha value is -4.97. The van der Waals surface area contributed by atoms with Crippen LogP contribution in [0.2, 0.25) is 0 Å². The molecule has 5 aliphatic heterocycles. The average molecular weight is 760 g/mol. The van der Waals surface area contributed by atoms with Gasteiger partial charge in [0.25, 0.3) is 0 Å². The number of aliphatic hydroxyl groups excluding tert-OH is 2. The van der Waals surface area contributed by atoms with E-state index in [1.165, 1.54) is 0 Å². The summed E-state index contributed by atoms with van der Waals surface area (Å²) in [5.74, 6) is -0.525. The van der Waals surface area contributed by atoms with Crippen LogP contribution < -0.4 is 45.7 Å². The molecule has 8 atom stereocenters. The van der Waals surface area contributed by atoms with Crippen molar-refractivity contribution in [1.29, 1.82) is 0 Å². The molecule has 8 N–H and O–H groups in total. The molecule has 16 heteroatoms. The normalized spacial score (nSPS) is 29.7. The number of benzene rings is 3. The van der Waals surface area contributed by atoms with Crippen LogP contribution in [-0.4, -0.2) is 102 Å². The number of hydrogen-bond acceptors (Lipinski definition) is 15. The summed E-state index contributed by atoms with van der Waals surface area (Å²) >= 11 is 0. The number of aliphatic carboxylic acids is 1. The van der Waals surface area contributed by atoms with Gasteiger partial charge in [-0.2, -0.15) is 0 Å². The highest BCUT2D eigenvalue weighted by Gasteiger charge is 2.61. The molecule has 0 aromatic heterocycles. The molecule has 0 radical (unpaired) electrons. The number of fused-ring (bicyclic) bond motifs is 6. The number of esters is 1. The monoisotopic (exact) mass is 759 g/mol. The number of nitrogens with two attached hydrogens (primary N) is 2. The van der Waals surface area contributed by atoms with E-state index in [-0.39, 0.29) is 31.1 Å². The minimum Gasteiger partial charge on any atom is -0.493 e. The summed E-state index contributed by atoms with van der Waals surface area (Å²) in [5, 5.41) is 46.0. The fourth-order valence-electron chi connectivity index (χ4n) is 9.46. The van der Waals surface area contributed by atoms with Crippen molar-refractivity contribution >= 4 is 17.5 Å². The van der Waals surface area contributed by atoms with Crippen LogP contribution in [0.3, 0.4) is 0 Å². The lowest BCUT2D eigenvalue weighted by molar-refractivity contribution is -0.329. The van der Waals surface area contributed by atoms with E-state index in [9.17, 15) is 24.9 Å². The van der Waals surface area contributed by atoms with Gasteiger partial charge >= 0.3 is 11.9 Å². The van der Waals surface area contributed by atoms with Gasteiger partial charge in [0.15, 0.2) is 23.2 Å². The zero-order chi connectivity index (χ0) is 38.6. The summed E-state index contributed by atoms with van der Waals surface area (Å²) in [5.41, 5.74) is 14.0. The Morgan fingerprint density at radius 2 is 1.89 bits per heavy atom. The molecule has 16 nitrogen and oxygen atoms in total. The first-order valence-electron chi connectivity index (χ1n) is 18.2. The zero-order valence-electron chi connectivity index (χ0n) is 30.0. The number of carboxylic acid groups (broad SMARTS) is 1. The predicted octanol–water partition coefficient (Wildman–Crippen LogP) is -0.621. The number of aliphatic hydroxyl groups is 3. The Bertz CT molecular complexity index is 2260. The van der Waals surface area contributed by atoms with Crippen molar-refractivity contribution < 1.29 is 63.2 Å². The standard InChI is InChI=1S/C39H41N3O13/c1-49-22-7-6-17-20-15-51-24-12-23-18(9-10-38(48)35(47)30(46)33(54-37(38)52-23)34(36(40)41)53-26(45)13-25(43)44)28-19-14-42-21-5-3-4-16(27(19)21)8-11-39(20,29(24)28)55-31(17)32(22)50-2/h3-7,12,20,30,33-37,46-48H,8-11,13-15,40-41H2,1-2H3,(H,43,44). The predicted molar refractivity (Wildman–Crippen MR) is 188 cm³/mol. The third-order valence-electron chi connectivity index (χ3n) is 12.0. The second-order valence-electron chi connectivity index (χ2n) is 14.9. The highest BCUT2D eigenvalue weighted by Crippen LogP contribution is 2.63. The van der Waals surface area contributed by atoms with Gasteiger partial charge in [0.05, 0.1) is 44.8 Å². The molecule has 9 rings (SSSR count). The van der Waals surface area contributed by atoms with Crippen LogP contribution in [-0.2, 0) is 37.5 Å². The van der Waals surface area contributed by atoms with Crippen molar-refractivity contribution in [2.24, 2.45) is 16.5 Å². The summed E-state index contributed by atoms with van der Waals surface area (Å²) in [6, 6.07) is 11.7. The van der Waals surface area contributed by atoms with Crippen LogP contribution in [0.4, 0.5) is 0 Å².